The Labute approximate surface area is 115 Å². The maximum Gasteiger partial charge on any atom is 0.336 e. The van der Waals surface area contributed by atoms with Gasteiger partial charge in [0.2, 0.25) is 0 Å². The Kier molecular flexibility index (Phi) is 2.99. The van der Waals surface area contributed by atoms with Crippen molar-refractivity contribution in [3.05, 3.63) is 65.2 Å². The van der Waals surface area contributed by atoms with Crippen LogP contribution in [0.2, 0.25) is 0 Å². The fourth-order valence-electron chi connectivity index (χ4n) is 2.41. The van der Waals surface area contributed by atoms with Gasteiger partial charge in [-0.15, -0.1) is 0 Å². The predicted octanol–water partition coefficient (Wildman–Crippen LogP) is 3.09. The van der Waals surface area contributed by atoms with Gasteiger partial charge >= 0.3 is 5.97 Å². The second-order valence-electron chi connectivity index (χ2n) is 4.63. The molecule has 0 bridgehead atoms. The number of Topliss-reactive ketones (excluding diaryl/α,β-unsaturated/α-hetero) is 1. The van der Waals surface area contributed by atoms with Gasteiger partial charge in [0.05, 0.1) is 17.5 Å². The fraction of sp³-hybridized carbons (Fsp3) is 0.125. The minimum atomic E-state index is -1.11. The number of carbonyl (C=O) groups is 2. The minimum Gasteiger partial charge on any atom is -0.484 e. The van der Waals surface area contributed by atoms with E-state index < -0.39 is 5.97 Å². The number of ether oxygens (including phenoxy) is 1. The molecule has 1 N–H and O–H groups in total. The SMILES string of the molecule is O=C(O)c1cccc2c1C(=O)CC(c1ccccc1)O2. The molecule has 0 aromatic heterocycles. The van der Waals surface area contributed by atoms with Gasteiger partial charge in [0.15, 0.2) is 5.78 Å². The quantitative estimate of drug-likeness (QED) is 0.909. The molecule has 1 aliphatic heterocycles. The number of benzene rings is 2. The van der Waals surface area contributed by atoms with Crippen molar-refractivity contribution >= 4 is 11.8 Å². The molecule has 3 rings (SSSR count). The maximum atomic E-state index is 12.3. The minimum absolute atomic E-state index is 0.000915. The van der Waals surface area contributed by atoms with E-state index in [1.807, 2.05) is 30.3 Å². The summed E-state index contributed by atoms with van der Waals surface area (Å²) in [7, 11) is 0. The Morgan fingerprint density at radius 2 is 1.85 bits per heavy atom. The standard InChI is InChI=1S/C16H12O4/c17-12-9-14(10-5-2-1-3-6-10)20-13-8-4-7-11(15(12)13)16(18)19/h1-8,14H,9H2,(H,18,19). The highest BCUT2D eigenvalue weighted by Crippen LogP contribution is 2.36. The van der Waals surface area contributed by atoms with Crippen LogP contribution in [0.15, 0.2) is 48.5 Å². The van der Waals surface area contributed by atoms with Crippen LogP contribution in [-0.4, -0.2) is 16.9 Å². The molecule has 0 saturated carbocycles. The van der Waals surface area contributed by atoms with Gasteiger partial charge in [-0.25, -0.2) is 4.79 Å². The zero-order valence-electron chi connectivity index (χ0n) is 10.6. The zero-order chi connectivity index (χ0) is 14.1. The smallest absolute Gasteiger partial charge is 0.336 e. The first-order chi connectivity index (χ1) is 9.66. The summed E-state index contributed by atoms with van der Waals surface area (Å²) in [6.45, 7) is 0. The summed E-state index contributed by atoms with van der Waals surface area (Å²) in [6, 6.07) is 14.1. The normalized spacial score (nSPS) is 17.2. The fourth-order valence-corrected chi connectivity index (χ4v) is 2.41. The van der Waals surface area contributed by atoms with Gasteiger partial charge in [0.25, 0.3) is 0 Å². The first kappa shape index (κ1) is 12.4. The van der Waals surface area contributed by atoms with Crippen LogP contribution in [-0.2, 0) is 0 Å². The van der Waals surface area contributed by atoms with Crippen LogP contribution < -0.4 is 4.74 Å². The van der Waals surface area contributed by atoms with Crippen molar-refractivity contribution in [1.29, 1.82) is 0 Å². The molecule has 0 fully saturated rings. The van der Waals surface area contributed by atoms with Crippen molar-refractivity contribution in [2.45, 2.75) is 12.5 Å². The van der Waals surface area contributed by atoms with E-state index in [1.54, 1.807) is 12.1 Å². The van der Waals surface area contributed by atoms with Crippen LogP contribution in [0.3, 0.4) is 0 Å². The first-order valence-corrected chi connectivity index (χ1v) is 6.28. The van der Waals surface area contributed by atoms with Gasteiger partial charge in [0.1, 0.15) is 11.9 Å². The monoisotopic (exact) mass is 268 g/mol. The number of carboxylic acids is 1. The molecule has 1 aliphatic rings. The molecular weight excluding hydrogens is 256 g/mol. The number of carboxylic acid groups (broad SMARTS) is 1. The molecule has 4 nitrogen and oxygen atoms in total. The third kappa shape index (κ3) is 2.05. The summed E-state index contributed by atoms with van der Waals surface area (Å²) in [5, 5.41) is 9.13. The van der Waals surface area contributed by atoms with E-state index in [-0.39, 0.29) is 29.4 Å². The van der Waals surface area contributed by atoms with Crippen LogP contribution in [0.4, 0.5) is 0 Å². The molecule has 4 heteroatoms. The highest BCUT2D eigenvalue weighted by molar-refractivity contribution is 6.08. The van der Waals surface area contributed by atoms with Crippen LogP contribution >= 0.6 is 0 Å². The lowest BCUT2D eigenvalue weighted by atomic mass is 9.93. The molecule has 1 atom stereocenters. The van der Waals surface area contributed by atoms with E-state index in [0.29, 0.717) is 5.75 Å². The van der Waals surface area contributed by atoms with E-state index in [0.717, 1.165) is 5.56 Å². The van der Waals surface area contributed by atoms with Crippen molar-refractivity contribution in [2.24, 2.45) is 0 Å². The average molecular weight is 268 g/mol. The molecule has 1 unspecified atom stereocenters. The predicted molar refractivity (Wildman–Crippen MR) is 72.2 cm³/mol. The van der Waals surface area contributed by atoms with Crippen LogP contribution in [0.1, 0.15) is 38.8 Å². The molecule has 0 amide bonds. The van der Waals surface area contributed by atoms with E-state index in [4.69, 9.17) is 9.84 Å². The first-order valence-electron chi connectivity index (χ1n) is 6.28. The maximum absolute atomic E-state index is 12.3. The summed E-state index contributed by atoms with van der Waals surface area (Å²) in [4.78, 5) is 23.4. The molecule has 0 saturated heterocycles. The molecule has 2 aromatic rings. The van der Waals surface area contributed by atoms with Gasteiger partial charge < -0.3 is 9.84 Å². The van der Waals surface area contributed by atoms with Crippen molar-refractivity contribution < 1.29 is 19.4 Å². The zero-order valence-corrected chi connectivity index (χ0v) is 10.6. The third-order valence-electron chi connectivity index (χ3n) is 3.35. The molecule has 0 aliphatic carbocycles. The lowest BCUT2D eigenvalue weighted by Gasteiger charge is -2.26. The number of ketones is 1. The molecular formula is C16H12O4. The number of hydrogen-bond donors (Lipinski definition) is 1. The molecule has 1 heterocycles. The highest BCUT2D eigenvalue weighted by atomic mass is 16.5. The van der Waals surface area contributed by atoms with E-state index in [1.165, 1.54) is 6.07 Å². The number of rotatable bonds is 2. The number of aromatic carboxylic acids is 1. The number of hydrogen-bond acceptors (Lipinski definition) is 3. The Hall–Kier alpha value is -2.62. The Morgan fingerprint density at radius 1 is 1.10 bits per heavy atom. The van der Waals surface area contributed by atoms with Crippen LogP contribution in [0, 0.1) is 0 Å². The third-order valence-corrected chi connectivity index (χ3v) is 3.35. The average Bonchev–Trinajstić information content (AvgIpc) is 2.47. The van der Waals surface area contributed by atoms with Crippen LogP contribution in [0.25, 0.3) is 0 Å². The largest absolute Gasteiger partial charge is 0.484 e. The van der Waals surface area contributed by atoms with E-state index in [2.05, 4.69) is 0 Å². The lowest BCUT2D eigenvalue weighted by molar-refractivity contribution is 0.0681. The topological polar surface area (TPSA) is 63.6 Å². The summed E-state index contributed by atoms with van der Waals surface area (Å²) in [5.74, 6) is -0.968. The molecule has 0 radical (unpaired) electrons. The van der Waals surface area contributed by atoms with Gasteiger partial charge in [-0.1, -0.05) is 36.4 Å². The molecule has 100 valence electrons. The van der Waals surface area contributed by atoms with Crippen molar-refractivity contribution in [3.63, 3.8) is 0 Å². The highest BCUT2D eigenvalue weighted by Gasteiger charge is 2.31. The Morgan fingerprint density at radius 3 is 2.55 bits per heavy atom. The molecule has 0 spiro atoms. The van der Waals surface area contributed by atoms with E-state index >= 15 is 0 Å². The Bertz CT molecular complexity index is 676. The van der Waals surface area contributed by atoms with Gasteiger partial charge in [0, 0.05) is 0 Å². The molecule has 2 aromatic carbocycles. The lowest BCUT2D eigenvalue weighted by Crippen LogP contribution is -2.22. The Balaban J connectivity index is 2.03. The van der Waals surface area contributed by atoms with E-state index in [9.17, 15) is 9.59 Å². The van der Waals surface area contributed by atoms with Gasteiger partial charge in [-0.3, -0.25) is 4.79 Å². The number of fused-ring (bicyclic) bond motifs is 1. The second-order valence-corrected chi connectivity index (χ2v) is 4.63. The van der Waals surface area contributed by atoms with Gasteiger partial charge in [-0.05, 0) is 17.7 Å². The second kappa shape index (κ2) is 4.81. The summed E-state index contributed by atoms with van der Waals surface area (Å²) < 4.78 is 5.80. The van der Waals surface area contributed by atoms with Gasteiger partial charge in [-0.2, -0.15) is 0 Å². The summed E-state index contributed by atoms with van der Waals surface area (Å²) in [5.41, 5.74) is 1.08. The van der Waals surface area contributed by atoms with Crippen molar-refractivity contribution in [3.8, 4) is 5.75 Å². The number of carbonyl (C=O) groups excluding carboxylic acids is 1. The van der Waals surface area contributed by atoms with Crippen molar-refractivity contribution in [2.75, 3.05) is 0 Å². The van der Waals surface area contributed by atoms with Crippen molar-refractivity contribution in [1.82, 2.24) is 0 Å². The summed E-state index contributed by atoms with van der Waals surface area (Å²) >= 11 is 0. The molecule has 20 heavy (non-hydrogen) atoms. The van der Waals surface area contributed by atoms with Crippen LogP contribution in [0.5, 0.6) is 5.75 Å². The summed E-state index contributed by atoms with van der Waals surface area (Å²) in [6.07, 6.45) is -0.207.